The molecular formula is C10H23NO2Si2. The van der Waals surface area contributed by atoms with E-state index in [9.17, 15) is 9.90 Å². The molecule has 1 saturated heterocycles. The van der Waals surface area contributed by atoms with Crippen LogP contribution in [0.3, 0.4) is 0 Å². The maximum Gasteiger partial charge on any atom is 0.262 e. The summed E-state index contributed by atoms with van der Waals surface area (Å²) in [6.45, 7) is 12.8. The third-order valence-corrected chi connectivity index (χ3v) is 17.3. The standard InChI is InChI=1S/C10H23NO2Si2/c1-6-11(9-10(12)13)14(2,3)7-8-15(11,4)5/h6-9H2,1-5H3. The number of carbonyl (C=O) groups excluding carboxylic acids is 1. The van der Waals surface area contributed by atoms with Gasteiger partial charge in [-0.3, -0.25) is 0 Å². The van der Waals surface area contributed by atoms with Crippen molar-refractivity contribution in [3.05, 3.63) is 0 Å². The molecule has 1 aliphatic heterocycles. The van der Waals surface area contributed by atoms with Crippen molar-refractivity contribution >= 4 is 22.4 Å². The van der Waals surface area contributed by atoms with Crippen LogP contribution in [0, 0.1) is 0 Å². The zero-order chi connectivity index (χ0) is 11.9. The predicted molar refractivity (Wildman–Crippen MR) is 65.3 cm³/mol. The van der Waals surface area contributed by atoms with Gasteiger partial charge in [0, 0.05) is 6.54 Å². The van der Waals surface area contributed by atoms with Crippen molar-refractivity contribution in [1.29, 1.82) is 0 Å². The highest BCUT2D eigenvalue weighted by atomic mass is 28.4. The fourth-order valence-electron chi connectivity index (χ4n) is 3.48. The minimum absolute atomic E-state index is 0.259. The van der Waals surface area contributed by atoms with Crippen LogP contribution in [0.15, 0.2) is 0 Å². The molecule has 0 aromatic heterocycles. The van der Waals surface area contributed by atoms with E-state index in [4.69, 9.17) is 0 Å². The molecule has 0 spiro atoms. The first-order chi connectivity index (χ1) is 6.68. The number of nitrogens with zero attached hydrogens (tertiary/aromatic N) is 1. The van der Waals surface area contributed by atoms with Crippen molar-refractivity contribution in [1.82, 2.24) is 0 Å². The van der Waals surface area contributed by atoms with Crippen molar-refractivity contribution < 1.29 is 13.7 Å². The van der Waals surface area contributed by atoms with E-state index in [-0.39, 0.29) is 6.54 Å². The van der Waals surface area contributed by atoms with E-state index in [0.717, 1.165) is 10.4 Å². The summed E-state index contributed by atoms with van der Waals surface area (Å²) < 4.78 is 0.919. The molecule has 1 aliphatic rings. The van der Waals surface area contributed by atoms with Gasteiger partial charge in [0.25, 0.3) is 16.5 Å². The maximum atomic E-state index is 11.0. The second-order valence-electron chi connectivity index (χ2n) is 5.94. The predicted octanol–water partition coefficient (Wildman–Crippen LogP) is 0.997. The zero-order valence-electron chi connectivity index (χ0n) is 10.6. The first-order valence-electron chi connectivity index (χ1n) is 5.76. The van der Waals surface area contributed by atoms with E-state index in [0.29, 0.717) is 0 Å². The molecule has 0 N–H and O–H groups in total. The van der Waals surface area contributed by atoms with Crippen molar-refractivity contribution in [2.45, 2.75) is 45.2 Å². The molecular weight excluding hydrogens is 222 g/mol. The van der Waals surface area contributed by atoms with Gasteiger partial charge in [-0.2, -0.15) is 0 Å². The lowest BCUT2D eigenvalue weighted by Gasteiger charge is -2.54. The van der Waals surface area contributed by atoms with Crippen molar-refractivity contribution in [2.75, 3.05) is 13.1 Å². The van der Waals surface area contributed by atoms with Gasteiger partial charge >= 0.3 is 0 Å². The summed E-state index contributed by atoms with van der Waals surface area (Å²) >= 11 is 0. The number of rotatable bonds is 3. The Kier molecular flexibility index (Phi) is 3.20. The Balaban J connectivity index is 3.16. The van der Waals surface area contributed by atoms with E-state index in [2.05, 4.69) is 33.1 Å². The van der Waals surface area contributed by atoms with Crippen LogP contribution < -0.4 is 5.11 Å². The molecule has 0 amide bonds. The molecule has 0 saturated carbocycles. The minimum Gasteiger partial charge on any atom is -0.544 e. The Morgan fingerprint density at radius 1 is 1.20 bits per heavy atom. The lowest BCUT2D eigenvalue weighted by atomic mass is 10.6. The molecule has 0 radical (unpaired) electrons. The van der Waals surface area contributed by atoms with E-state index in [1.165, 1.54) is 12.1 Å². The summed E-state index contributed by atoms with van der Waals surface area (Å²) in [6, 6.07) is 2.57. The lowest BCUT2D eigenvalue weighted by Crippen LogP contribution is -2.73. The number of aliphatic carboxylic acids is 1. The summed E-state index contributed by atoms with van der Waals surface area (Å²) in [7, 11) is -2.88. The minimum atomic E-state index is -1.44. The second kappa shape index (κ2) is 3.71. The number of hydrogen-bond acceptors (Lipinski definition) is 2. The monoisotopic (exact) mass is 245 g/mol. The highest BCUT2D eigenvalue weighted by Crippen LogP contribution is 2.43. The molecule has 15 heavy (non-hydrogen) atoms. The van der Waals surface area contributed by atoms with Crippen LogP contribution in [0.5, 0.6) is 0 Å². The summed E-state index contributed by atoms with van der Waals surface area (Å²) in [5.41, 5.74) is 0. The Morgan fingerprint density at radius 3 is 1.87 bits per heavy atom. The Labute approximate surface area is 94.9 Å². The highest BCUT2D eigenvalue weighted by Gasteiger charge is 2.61. The van der Waals surface area contributed by atoms with Gasteiger partial charge in [-0.1, -0.05) is 0 Å². The van der Waals surface area contributed by atoms with Crippen molar-refractivity contribution in [2.24, 2.45) is 0 Å². The van der Waals surface area contributed by atoms with E-state index in [1.54, 1.807) is 0 Å². The van der Waals surface area contributed by atoms with Crippen LogP contribution in [0.25, 0.3) is 0 Å². The van der Waals surface area contributed by atoms with Crippen LogP contribution in [0.4, 0.5) is 0 Å². The van der Waals surface area contributed by atoms with E-state index in [1.807, 2.05) is 0 Å². The lowest BCUT2D eigenvalue weighted by molar-refractivity contribution is -0.721. The molecule has 0 unspecified atom stereocenters. The molecule has 0 atom stereocenters. The molecule has 3 nitrogen and oxygen atoms in total. The second-order valence-corrected chi connectivity index (χ2v) is 16.3. The molecule has 5 heteroatoms. The molecule has 88 valence electrons. The van der Waals surface area contributed by atoms with Gasteiger partial charge in [0.05, 0.1) is 12.5 Å². The average Bonchev–Trinajstić information content (AvgIpc) is 2.25. The van der Waals surface area contributed by atoms with Gasteiger partial charge in [0.15, 0.2) is 0 Å². The van der Waals surface area contributed by atoms with Gasteiger partial charge in [-0.05, 0) is 45.2 Å². The summed E-state index contributed by atoms with van der Waals surface area (Å²) in [6.07, 6.45) is 0. The van der Waals surface area contributed by atoms with Crippen LogP contribution in [0.1, 0.15) is 6.92 Å². The number of carboxylic acids is 1. The summed E-state index contributed by atoms with van der Waals surface area (Å²) in [5, 5.41) is 11.0. The Hall–Kier alpha value is -0.136. The number of carbonyl (C=O) groups is 1. The van der Waals surface area contributed by atoms with Crippen LogP contribution >= 0.6 is 0 Å². The SMILES string of the molecule is CC[N+]1(CC(=O)[O-])[Si](C)(C)CC[Si]1(C)C. The number of carboxylic acid groups (broad SMARTS) is 1. The highest BCUT2D eigenvalue weighted by molar-refractivity contribution is 6.88. The fourth-order valence-corrected chi connectivity index (χ4v) is 19.3. The molecule has 0 aromatic rings. The first-order valence-corrected chi connectivity index (χ1v) is 12.1. The molecule has 0 bridgehead atoms. The normalized spacial score (nSPS) is 26.5. The van der Waals surface area contributed by atoms with E-state index >= 15 is 0 Å². The van der Waals surface area contributed by atoms with Gasteiger partial charge in [-0.15, -0.1) is 0 Å². The third-order valence-electron chi connectivity index (χ3n) is 4.60. The quantitative estimate of drug-likeness (QED) is 0.696. The Morgan fingerprint density at radius 2 is 1.60 bits per heavy atom. The third kappa shape index (κ3) is 1.81. The van der Waals surface area contributed by atoms with E-state index < -0.39 is 22.4 Å². The van der Waals surface area contributed by atoms with Gasteiger partial charge < -0.3 is 13.7 Å². The zero-order valence-corrected chi connectivity index (χ0v) is 12.6. The smallest absolute Gasteiger partial charge is 0.262 e. The van der Waals surface area contributed by atoms with Gasteiger partial charge in [0.2, 0.25) is 0 Å². The van der Waals surface area contributed by atoms with Crippen molar-refractivity contribution in [3.8, 4) is 0 Å². The van der Waals surface area contributed by atoms with Gasteiger partial charge in [-0.25, -0.2) is 0 Å². The summed E-state index contributed by atoms with van der Waals surface area (Å²) in [5.74, 6) is -0.861. The first kappa shape index (κ1) is 12.9. The molecule has 1 heterocycles. The largest absolute Gasteiger partial charge is 0.544 e. The number of quaternary nitrogens is 1. The van der Waals surface area contributed by atoms with Crippen LogP contribution in [-0.2, 0) is 4.79 Å². The number of hydrogen-bond donors (Lipinski definition) is 0. The molecule has 0 aromatic carbocycles. The van der Waals surface area contributed by atoms with Crippen molar-refractivity contribution in [3.63, 3.8) is 0 Å². The molecule has 0 aliphatic carbocycles. The fraction of sp³-hybridized carbons (Fsp3) is 0.900. The molecule has 1 rings (SSSR count). The number of likely N-dealkylation sites (N-methyl/N-ethyl adjacent to an activating group) is 1. The summed E-state index contributed by atoms with van der Waals surface area (Å²) in [4.78, 5) is 11.0. The van der Waals surface area contributed by atoms with Crippen LogP contribution in [-0.4, -0.2) is 39.3 Å². The molecule has 1 fully saturated rings. The maximum absolute atomic E-state index is 11.0. The van der Waals surface area contributed by atoms with Crippen LogP contribution in [0.2, 0.25) is 38.3 Å². The topological polar surface area (TPSA) is 40.1 Å². The average molecular weight is 245 g/mol. The Bertz CT molecular complexity index is 261. The van der Waals surface area contributed by atoms with Gasteiger partial charge in [0.1, 0.15) is 0 Å².